The maximum atomic E-state index is 14.0. The Balaban J connectivity index is 2.05. The van der Waals surface area contributed by atoms with Crippen LogP contribution in [0.1, 0.15) is 30.4 Å². The van der Waals surface area contributed by atoms with Gasteiger partial charge in [0.1, 0.15) is 11.6 Å². The summed E-state index contributed by atoms with van der Waals surface area (Å²) in [6, 6.07) is 12.0. The molecular formula is C21H19F2NO3. The number of allylic oxidation sites excluding steroid dienone is 1. The molecule has 27 heavy (non-hydrogen) atoms. The second-order valence-corrected chi connectivity index (χ2v) is 6.37. The lowest BCUT2D eigenvalue weighted by molar-refractivity contribution is -0.138. The third-order valence-electron chi connectivity index (χ3n) is 4.77. The first-order chi connectivity index (χ1) is 12.9. The first-order valence-corrected chi connectivity index (χ1v) is 8.50. The topological polar surface area (TPSA) is 46.6 Å². The molecule has 2 aromatic rings. The van der Waals surface area contributed by atoms with Crippen molar-refractivity contribution in [1.29, 1.82) is 0 Å². The predicted octanol–water partition coefficient (Wildman–Crippen LogP) is 3.93. The standard InChI is InChI=1S/C21H19F2NO3/c1-13-20(21(26)27-2)17(14-7-5-8-16(22)10-14)11-19(25)24(13)12-15-6-3-4-9-18(15)23/h3-10,17H,11-12H2,1-2H3/t17-/m1/s1. The first kappa shape index (κ1) is 18.8. The molecule has 2 aromatic carbocycles. The molecule has 1 amide bonds. The summed E-state index contributed by atoms with van der Waals surface area (Å²) in [5, 5.41) is 0. The number of hydrogen-bond acceptors (Lipinski definition) is 3. The molecule has 0 fully saturated rings. The van der Waals surface area contributed by atoms with Crippen LogP contribution in [0.15, 0.2) is 59.8 Å². The van der Waals surface area contributed by atoms with Crippen molar-refractivity contribution in [3.8, 4) is 0 Å². The van der Waals surface area contributed by atoms with Gasteiger partial charge in [0, 0.05) is 23.6 Å². The van der Waals surface area contributed by atoms with E-state index in [0.29, 0.717) is 16.8 Å². The number of hydrogen-bond donors (Lipinski definition) is 0. The Hall–Kier alpha value is -3.02. The molecule has 140 valence electrons. The number of amides is 1. The molecule has 1 atom stereocenters. The lowest BCUT2D eigenvalue weighted by Crippen LogP contribution is -2.38. The van der Waals surface area contributed by atoms with Gasteiger partial charge in [0.25, 0.3) is 0 Å². The number of methoxy groups -OCH3 is 1. The highest BCUT2D eigenvalue weighted by Gasteiger charge is 2.37. The quantitative estimate of drug-likeness (QED) is 0.765. The predicted molar refractivity (Wildman–Crippen MR) is 95.4 cm³/mol. The van der Waals surface area contributed by atoms with Crippen molar-refractivity contribution in [1.82, 2.24) is 4.90 Å². The van der Waals surface area contributed by atoms with Crippen molar-refractivity contribution in [2.24, 2.45) is 0 Å². The molecule has 0 saturated heterocycles. The molecule has 0 radical (unpaired) electrons. The number of rotatable bonds is 4. The Labute approximate surface area is 156 Å². The number of ether oxygens (including phenoxy) is 1. The van der Waals surface area contributed by atoms with E-state index in [4.69, 9.17) is 4.74 Å². The second kappa shape index (κ2) is 7.70. The van der Waals surface area contributed by atoms with E-state index < -0.39 is 23.5 Å². The summed E-state index contributed by atoms with van der Waals surface area (Å²) in [7, 11) is 1.25. The SMILES string of the molecule is COC(=O)C1=C(C)N(Cc2ccccc2F)C(=O)C[C@@H]1c1cccc(F)c1. The Morgan fingerprint density at radius 3 is 2.59 bits per heavy atom. The number of carbonyl (C=O) groups excluding carboxylic acids is 2. The van der Waals surface area contributed by atoms with Crippen LogP contribution >= 0.6 is 0 Å². The van der Waals surface area contributed by atoms with Crippen LogP contribution in [0.25, 0.3) is 0 Å². The van der Waals surface area contributed by atoms with Crippen LogP contribution in [0.3, 0.4) is 0 Å². The summed E-state index contributed by atoms with van der Waals surface area (Å²) in [5.74, 6) is -2.34. The average Bonchev–Trinajstić information content (AvgIpc) is 2.65. The zero-order valence-corrected chi connectivity index (χ0v) is 15.0. The molecule has 1 aliphatic rings. The maximum Gasteiger partial charge on any atom is 0.336 e. The number of nitrogens with zero attached hydrogens (tertiary/aromatic N) is 1. The molecule has 0 aliphatic carbocycles. The van der Waals surface area contributed by atoms with E-state index in [9.17, 15) is 18.4 Å². The average molecular weight is 371 g/mol. The van der Waals surface area contributed by atoms with Crippen LogP contribution < -0.4 is 0 Å². The van der Waals surface area contributed by atoms with Gasteiger partial charge < -0.3 is 9.64 Å². The van der Waals surface area contributed by atoms with Crippen LogP contribution in [0, 0.1) is 11.6 Å². The first-order valence-electron chi connectivity index (χ1n) is 8.50. The molecule has 0 spiro atoms. The fourth-order valence-corrected chi connectivity index (χ4v) is 3.38. The van der Waals surface area contributed by atoms with E-state index in [1.54, 1.807) is 31.2 Å². The van der Waals surface area contributed by atoms with Gasteiger partial charge >= 0.3 is 5.97 Å². The third kappa shape index (κ3) is 3.74. The summed E-state index contributed by atoms with van der Waals surface area (Å²) in [6.45, 7) is 1.63. The van der Waals surface area contributed by atoms with Gasteiger partial charge in [-0.15, -0.1) is 0 Å². The minimum absolute atomic E-state index is 0.00764. The molecule has 0 bridgehead atoms. The van der Waals surface area contributed by atoms with Crippen LogP contribution in [-0.2, 0) is 20.9 Å². The van der Waals surface area contributed by atoms with E-state index >= 15 is 0 Å². The highest BCUT2D eigenvalue weighted by molar-refractivity contribution is 5.95. The largest absolute Gasteiger partial charge is 0.466 e. The van der Waals surface area contributed by atoms with Gasteiger partial charge in [-0.25, -0.2) is 13.6 Å². The number of benzene rings is 2. The van der Waals surface area contributed by atoms with Crippen molar-refractivity contribution in [2.45, 2.75) is 25.8 Å². The van der Waals surface area contributed by atoms with E-state index in [-0.39, 0.29) is 24.4 Å². The van der Waals surface area contributed by atoms with Crippen LogP contribution in [-0.4, -0.2) is 23.9 Å². The van der Waals surface area contributed by atoms with Crippen LogP contribution in [0.4, 0.5) is 8.78 Å². The molecule has 1 heterocycles. The van der Waals surface area contributed by atoms with Gasteiger partial charge in [-0.1, -0.05) is 30.3 Å². The number of carbonyl (C=O) groups is 2. The van der Waals surface area contributed by atoms with Crippen molar-refractivity contribution < 1.29 is 23.1 Å². The summed E-state index contributed by atoms with van der Waals surface area (Å²) in [5.41, 5.74) is 1.53. The van der Waals surface area contributed by atoms with E-state index in [2.05, 4.69) is 0 Å². The molecule has 0 unspecified atom stereocenters. The molecule has 1 aliphatic heterocycles. The fraction of sp³-hybridized carbons (Fsp3) is 0.238. The van der Waals surface area contributed by atoms with E-state index in [1.807, 2.05) is 0 Å². The van der Waals surface area contributed by atoms with Crippen molar-refractivity contribution in [3.63, 3.8) is 0 Å². The zero-order chi connectivity index (χ0) is 19.6. The van der Waals surface area contributed by atoms with Gasteiger partial charge in [-0.3, -0.25) is 4.79 Å². The van der Waals surface area contributed by atoms with E-state index in [1.165, 1.54) is 36.3 Å². The summed E-state index contributed by atoms with van der Waals surface area (Å²) in [6.07, 6.45) is -0.0281. The van der Waals surface area contributed by atoms with Gasteiger partial charge in [0.05, 0.1) is 19.2 Å². The smallest absolute Gasteiger partial charge is 0.336 e. The highest BCUT2D eigenvalue weighted by atomic mass is 19.1. The van der Waals surface area contributed by atoms with Gasteiger partial charge in [-0.2, -0.15) is 0 Å². The second-order valence-electron chi connectivity index (χ2n) is 6.37. The highest BCUT2D eigenvalue weighted by Crippen LogP contribution is 2.37. The maximum absolute atomic E-state index is 14.0. The minimum atomic E-state index is -0.613. The van der Waals surface area contributed by atoms with Gasteiger partial charge in [-0.05, 0) is 30.7 Å². The summed E-state index contributed by atoms with van der Waals surface area (Å²) >= 11 is 0. The molecule has 3 rings (SSSR count). The Morgan fingerprint density at radius 2 is 1.93 bits per heavy atom. The van der Waals surface area contributed by atoms with Crippen LogP contribution in [0.2, 0.25) is 0 Å². The number of halogens is 2. The molecule has 0 saturated carbocycles. The molecule has 4 nitrogen and oxygen atoms in total. The van der Waals surface area contributed by atoms with Gasteiger partial charge in [0.2, 0.25) is 5.91 Å². The number of esters is 1. The normalized spacial score (nSPS) is 17.3. The Bertz CT molecular complexity index is 923. The molecular weight excluding hydrogens is 352 g/mol. The Morgan fingerprint density at radius 1 is 1.19 bits per heavy atom. The monoisotopic (exact) mass is 371 g/mol. The lowest BCUT2D eigenvalue weighted by Gasteiger charge is -2.34. The fourth-order valence-electron chi connectivity index (χ4n) is 3.38. The van der Waals surface area contributed by atoms with Crippen molar-refractivity contribution >= 4 is 11.9 Å². The summed E-state index contributed by atoms with van der Waals surface area (Å²) < 4.78 is 32.6. The summed E-state index contributed by atoms with van der Waals surface area (Å²) in [4.78, 5) is 26.6. The Kier molecular flexibility index (Phi) is 5.35. The molecule has 0 aromatic heterocycles. The molecule has 0 N–H and O–H groups in total. The van der Waals surface area contributed by atoms with Crippen molar-refractivity contribution in [2.75, 3.05) is 7.11 Å². The zero-order valence-electron chi connectivity index (χ0n) is 15.0. The van der Waals surface area contributed by atoms with Crippen LogP contribution in [0.5, 0.6) is 0 Å². The molecule has 6 heteroatoms. The van der Waals surface area contributed by atoms with Gasteiger partial charge in [0.15, 0.2) is 0 Å². The minimum Gasteiger partial charge on any atom is -0.466 e. The third-order valence-corrected chi connectivity index (χ3v) is 4.77. The van der Waals surface area contributed by atoms with E-state index in [0.717, 1.165) is 0 Å². The van der Waals surface area contributed by atoms with Crippen molar-refractivity contribution in [3.05, 3.63) is 82.6 Å². The lowest BCUT2D eigenvalue weighted by atomic mass is 9.83.